The summed E-state index contributed by atoms with van der Waals surface area (Å²) < 4.78 is 5.34. The van der Waals surface area contributed by atoms with Gasteiger partial charge in [-0.1, -0.05) is 38.5 Å². The molecule has 0 bridgehead atoms. The third-order valence-corrected chi connectivity index (χ3v) is 3.33. The predicted molar refractivity (Wildman–Crippen MR) is 66.0 cm³/mol. The minimum absolute atomic E-state index is 0.186. The number of rotatable bonds is 5. The summed E-state index contributed by atoms with van der Waals surface area (Å²) in [6.45, 7) is 4.31. The van der Waals surface area contributed by atoms with Crippen LogP contribution in [0.4, 0.5) is 0 Å². The van der Waals surface area contributed by atoms with Crippen molar-refractivity contribution in [1.29, 1.82) is 0 Å². The Morgan fingerprint density at radius 1 is 1.33 bits per heavy atom. The minimum Gasteiger partial charge on any atom is -0.496 e. The van der Waals surface area contributed by atoms with Crippen LogP contribution in [0.2, 0.25) is 0 Å². The Bertz CT molecular complexity index is 298. The van der Waals surface area contributed by atoms with Crippen molar-refractivity contribution < 1.29 is 4.74 Å². The fourth-order valence-electron chi connectivity index (χ4n) is 1.76. The maximum absolute atomic E-state index is 6.34. The molecular formula is C13H19ClO. The van der Waals surface area contributed by atoms with E-state index < -0.39 is 0 Å². The maximum Gasteiger partial charge on any atom is 0.122 e. The Morgan fingerprint density at radius 2 is 2.00 bits per heavy atom. The number of alkyl halides is 1. The van der Waals surface area contributed by atoms with Gasteiger partial charge < -0.3 is 4.74 Å². The lowest BCUT2D eigenvalue weighted by Gasteiger charge is -2.20. The van der Waals surface area contributed by atoms with E-state index in [9.17, 15) is 0 Å². The standard InChI is InChI=1S/C13H19ClO/c1-4-7-12(14)10(2)11-8-5-6-9-13(11)15-3/h5-6,8-10,12H,4,7H2,1-3H3. The number of methoxy groups -OCH3 is 1. The summed E-state index contributed by atoms with van der Waals surface area (Å²) in [6.07, 6.45) is 2.16. The fraction of sp³-hybridized carbons (Fsp3) is 0.538. The normalized spacial score (nSPS) is 14.7. The average molecular weight is 227 g/mol. The van der Waals surface area contributed by atoms with Gasteiger partial charge in [0.15, 0.2) is 0 Å². The highest BCUT2D eigenvalue weighted by molar-refractivity contribution is 6.21. The molecule has 0 aliphatic rings. The Balaban J connectivity index is 2.84. The van der Waals surface area contributed by atoms with Gasteiger partial charge in [0.25, 0.3) is 0 Å². The van der Waals surface area contributed by atoms with Crippen LogP contribution < -0.4 is 4.74 Å². The number of hydrogen-bond acceptors (Lipinski definition) is 1. The molecule has 0 heterocycles. The molecule has 2 atom stereocenters. The van der Waals surface area contributed by atoms with E-state index in [-0.39, 0.29) is 5.38 Å². The van der Waals surface area contributed by atoms with Crippen molar-refractivity contribution in [3.63, 3.8) is 0 Å². The highest BCUT2D eigenvalue weighted by Gasteiger charge is 2.18. The summed E-state index contributed by atoms with van der Waals surface area (Å²) in [5, 5.41) is 0.186. The van der Waals surface area contributed by atoms with E-state index in [1.807, 2.05) is 18.2 Å². The molecule has 2 heteroatoms. The molecular weight excluding hydrogens is 208 g/mol. The van der Waals surface area contributed by atoms with Gasteiger partial charge >= 0.3 is 0 Å². The zero-order chi connectivity index (χ0) is 11.3. The molecule has 15 heavy (non-hydrogen) atoms. The van der Waals surface area contributed by atoms with Crippen molar-refractivity contribution in [2.45, 2.75) is 38.0 Å². The zero-order valence-electron chi connectivity index (χ0n) is 9.66. The zero-order valence-corrected chi connectivity index (χ0v) is 10.4. The molecule has 0 fully saturated rings. The Hall–Kier alpha value is -0.690. The van der Waals surface area contributed by atoms with Gasteiger partial charge in [-0.25, -0.2) is 0 Å². The Kier molecular flexibility index (Phi) is 4.97. The molecule has 0 aliphatic carbocycles. The molecule has 2 unspecified atom stereocenters. The second-order valence-electron chi connectivity index (χ2n) is 3.84. The summed E-state index contributed by atoms with van der Waals surface area (Å²) in [6, 6.07) is 8.10. The third-order valence-electron chi connectivity index (χ3n) is 2.74. The molecule has 0 saturated carbocycles. The van der Waals surface area contributed by atoms with Crippen LogP contribution >= 0.6 is 11.6 Å². The molecule has 1 aromatic carbocycles. The monoisotopic (exact) mass is 226 g/mol. The number of halogens is 1. The molecule has 0 spiro atoms. The molecule has 0 N–H and O–H groups in total. The summed E-state index contributed by atoms with van der Waals surface area (Å²) in [7, 11) is 1.70. The van der Waals surface area contributed by atoms with Gasteiger partial charge in [-0.2, -0.15) is 0 Å². The number of para-hydroxylation sites is 1. The average Bonchev–Trinajstić information content (AvgIpc) is 2.28. The van der Waals surface area contributed by atoms with Crippen LogP contribution in [-0.2, 0) is 0 Å². The van der Waals surface area contributed by atoms with Crippen molar-refractivity contribution >= 4 is 11.6 Å². The van der Waals surface area contributed by atoms with Crippen LogP contribution in [-0.4, -0.2) is 12.5 Å². The van der Waals surface area contributed by atoms with E-state index >= 15 is 0 Å². The summed E-state index contributed by atoms with van der Waals surface area (Å²) in [4.78, 5) is 0. The van der Waals surface area contributed by atoms with Crippen molar-refractivity contribution in [2.24, 2.45) is 0 Å². The van der Waals surface area contributed by atoms with Crippen LogP contribution in [0.3, 0.4) is 0 Å². The summed E-state index contributed by atoms with van der Waals surface area (Å²) in [5.41, 5.74) is 1.20. The van der Waals surface area contributed by atoms with Crippen molar-refractivity contribution in [3.8, 4) is 5.75 Å². The van der Waals surface area contributed by atoms with Gasteiger partial charge in [0, 0.05) is 11.3 Å². The summed E-state index contributed by atoms with van der Waals surface area (Å²) >= 11 is 6.34. The molecule has 1 aromatic rings. The van der Waals surface area contributed by atoms with Gasteiger partial charge in [-0.05, 0) is 18.1 Å². The largest absolute Gasteiger partial charge is 0.496 e. The SMILES string of the molecule is CCCC(Cl)C(C)c1ccccc1OC. The Labute approximate surface area is 97.4 Å². The lowest BCUT2D eigenvalue weighted by atomic mass is 9.94. The first-order valence-electron chi connectivity index (χ1n) is 5.47. The van der Waals surface area contributed by atoms with Crippen LogP contribution in [0.15, 0.2) is 24.3 Å². The Morgan fingerprint density at radius 3 is 2.60 bits per heavy atom. The molecule has 0 amide bonds. The molecule has 1 rings (SSSR count). The minimum atomic E-state index is 0.186. The lowest BCUT2D eigenvalue weighted by Crippen LogP contribution is -2.10. The van der Waals surface area contributed by atoms with Crippen LogP contribution in [0, 0.1) is 0 Å². The number of hydrogen-bond donors (Lipinski definition) is 0. The number of ether oxygens (including phenoxy) is 1. The fourth-order valence-corrected chi connectivity index (χ4v) is 2.12. The highest BCUT2D eigenvalue weighted by atomic mass is 35.5. The molecule has 0 aliphatic heterocycles. The van der Waals surface area contributed by atoms with E-state index in [1.165, 1.54) is 5.56 Å². The number of benzene rings is 1. The van der Waals surface area contributed by atoms with Gasteiger partial charge in [0.1, 0.15) is 5.75 Å². The smallest absolute Gasteiger partial charge is 0.122 e. The van der Waals surface area contributed by atoms with Crippen molar-refractivity contribution in [2.75, 3.05) is 7.11 Å². The first kappa shape index (κ1) is 12.4. The van der Waals surface area contributed by atoms with Crippen LogP contribution in [0.1, 0.15) is 38.2 Å². The quantitative estimate of drug-likeness (QED) is 0.684. The van der Waals surface area contributed by atoms with E-state index in [4.69, 9.17) is 16.3 Å². The van der Waals surface area contributed by atoms with Crippen LogP contribution in [0.25, 0.3) is 0 Å². The highest BCUT2D eigenvalue weighted by Crippen LogP contribution is 2.32. The van der Waals surface area contributed by atoms with Crippen LogP contribution in [0.5, 0.6) is 5.75 Å². The molecule has 84 valence electrons. The predicted octanol–water partition coefficient (Wildman–Crippen LogP) is 4.21. The molecule has 0 saturated heterocycles. The maximum atomic E-state index is 6.34. The van der Waals surface area contributed by atoms with Gasteiger partial charge in [0.2, 0.25) is 0 Å². The van der Waals surface area contributed by atoms with E-state index in [0.29, 0.717) is 5.92 Å². The van der Waals surface area contributed by atoms with E-state index in [2.05, 4.69) is 19.9 Å². The topological polar surface area (TPSA) is 9.23 Å². The third kappa shape index (κ3) is 3.13. The van der Waals surface area contributed by atoms with Crippen molar-refractivity contribution in [3.05, 3.63) is 29.8 Å². The lowest BCUT2D eigenvalue weighted by molar-refractivity contribution is 0.405. The van der Waals surface area contributed by atoms with Gasteiger partial charge in [-0.15, -0.1) is 11.6 Å². The first-order chi connectivity index (χ1) is 7.20. The van der Waals surface area contributed by atoms with Gasteiger partial charge in [-0.3, -0.25) is 0 Å². The molecule has 1 nitrogen and oxygen atoms in total. The summed E-state index contributed by atoms with van der Waals surface area (Å²) in [5.74, 6) is 1.27. The van der Waals surface area contributed by atoms with Crippen molar-refractivity contribution in [1.82, 2.24) is 0 Å². The first-order valence-corrected chi connectivity index (χ1v) is 5.91. The molecule has 0 aromatic heterocycles. The van der Waals surface area contributed by atoms with Gasteiger partial charge in [0.05, 0.1) is 7.11 Å². The second kappa shape index (κ2) is 6.02. The second-order valence-corrected chi connectivity index (χ2v) is 4.40. The van der Waals surface area contributed by atoms with E-state index in [0.717, 1.165) is 18.6 Å². The van der Waals surface area contributed by atoms with E-state index in [1.54, 1.807) is 7.11 Å². The molecule has 0 radical (unpaired) electrons.